The van der Waals surface area contributed by atoms with E-state index >= 15 is 0 Å². The Hall–Kier alpha value is -0.477. The van der Waals surface area contributed by atoms with E-state index in [2.05, 4.69) is 5.32 Å². The maximum atomic E-state index is 10.7. The Kier molecular flexibility index (Phi) is 5.84. The number of guanidine groups is 1. The summed E-state index contributed by atoms with van der Waals surface area (Å²) in [5.41, 5.74) is 10.6. The average molecular weight is 223 g/mol. The van der Waals surface area contributed by atoms with Gasteiger partial charge in [0, 0.05) is 0 Å². The van der Waals surface area contributed by atoms with E-state index in [9.17, 15) is 4.79 Å². The summed E-state index contributed by atoms with van der Waals surface area (Å²) < 4.78 is 0.123. The van der Waals surface area contributed by atoms with Crippen molar-refractivity contribution in [1.82, 2.24) is 5.32 Å². The van der Waals surface area contributed by atoms with Gasteiger partial charge in [-0.2, -0.15) is 0 Å². The Morgan fingerprint density at radius 3 is 2.67 bits per heavy atom. The first-order valence-corrected chi connectivity index (χ1v) is 5.21. The van der Waals surface area contributed by atoms with Crippen LogP contribution in [0.25, 0.3) is 0 Å². The molecule has 0 aromatic rings. The number of carbonyl (C=O) groups is 1. The first-order chi connectivity index (χ1) is 5.54. The van der Waals surface area contributed by atoms with E-state index in [1.807, 2.05) is 0 Å². The van der Waals surface area contributed by atoms with Crippen LogP contribution in [0.1, 0.15) is 12.8 Å². The summed E-state index contributed by atoms with van der Waals surface area (Å²) >= 11 is 0.612. The Labute approximate surface area is 81.4 Å². The van der Waals surface area contributed by atoms with Crippen LogP contribution in [0.5, 0.6) is 0 Å². The molecule has 0 aliphatic carbocycles. The normalized spacial score (nSPS) is 12.2. The zero-order valence-electron chi connectivity index (χ0n) is 6.97. The Bertz CT molecular complexity index is 173. The number of nitrogens with one attached hydrogen (secondary N) is 2. The second kappa shape index (κ2) is 6.09. The average Bonchev–Trinajstić information content (AvgIpc) is 1.97. The van der Waals surface area contributed by atoms with Crippen LogP contribution in [0, 0.1) is 5.41 Å². The van der Waals surface area contributed by atoms with Crippen LogP contribution in [-0.4, -0.2) is 22.9 Å². The van der Waals surface area contributed by atoms with Gasteiger partial charge < -0.3 is 0 Å². The fourth-order valence-corrected chi connectivity index (χ4v) is 1.13. The Morgan fingerprint density at radius 1 is 1.67 bits per heavy atom. The molecule has 1 atom stereocenters. The van der Waals surface area contributed by atoms with Gasteiger partial charge in [0.15, 0.2) is 0 Å². The first-order valence-electron chi connectivity index (χ1n) is 3.73. The zero-order valence-corrected chi connectivity index (χ0v) is 9.94. The fourth-order valence-electron chi connectivity index (χ4n) is 0.706. The van der Waals surface area contributed by atoms with E-state index in [1.165, 1.54) is 0 Å². The van der Waals surface area contributed by atoms with E-state index in [4.69, 9.17) is 16.9 Å². The van der Waals surface area contributed by atoms with E-state index in [0.717, 1.165) is 6.42 Å². The summed E-state index contributed by atoms with van der Waals surface area (Å²) in [7, 11) is 0. The van der Waals surface area contributed by atoms with Crippen LogP contribution in [0.15, 0.2) is 0 Å². The second-order valence-corrected chi connectivity index (χ2v) is 4.02. The van der Waals surface area contributed by atoms with E-state index in [1.54, 1.807) is 0 Å². The molecule has 0 heterocycles. The van der Waals surface area contributed by atoms with Crippen LogP contribution in [0.2, 0.25) is 0 Å². The minimum absolute atomic E-state index is 0.0418. The van der Waals surface area contributed by atoms with E-state index < -0.39 is 0 Å². The van der Waals surface area contributed by atoms with Gasteiger partial charge in [0.2, 0.25) is 0 Å². The van der Waals surface area contributed by atoms with Gasteiger partial charge in [0.25, 0.3) is 0 Å². The summed E-state index contributed by atoms with van der Waals surface area (Å²) in [6, 6.07) is -0.321. The molecule has 65 valence electrons. The summed E-state index contributed by atoms with van der Waals surface area (Å²) in [6.45, 7) is 0.607. The molecule has 0 saturated carbocycles. The summed E-state index contributed by atoms with van der Waals surface area (Å²) in [6.07, 6.45) is 1.44. The van der Waals surface area contributed by atoms with Crippen molar-refractivity contribution in [1.29, 1.82) is 5.41 Å². The predicted octanol–water partition coefficient (Wildman–Crippen LogP) is -1.35. The molecule has 0 amide bonds. The van der Waals surface area contributed by atoms with Gasteiger partial charge in [-0.1, -0.05) is 0 Å². The monoisotopic (exact) mass is 221 g/mol. The molecule has 0 aliphatic heterocycles. The molecule has 0 aromatic heterocycles. The standard InChI is InChI=1S/C6H13N4O.Zn/c7-5(4-11)2-1-3-10-6(8)9;/h5H,1-3,7H2,(H4,8,9,10);/t5-;/m0./s1. The molecule has 0 aromatic carbocycles. The van der Waals surface area contributed by atoms with Crippen molar-refractivity contribution < 1.29 is 23.1 Å². The molecule has 0 saturated heterocycles. The van der Waals surface area contributed by atoms with Crippen molar-refractivity contribution in [3.63, 3.8) is 0 Å². The number of hydrogen-bond donors (Lipinski definition) is 4. The molecule has 6 N–H and O–H groups in total. The molecule has 0 spiro atoms. The van der Waals surface area contributed by atoms with Crippen molar-refractivity contribution in [3.8, 4) is 0 Å². The summed E-state index contributed by atoms with van der Waals surface area (Å²) in [5.74, 6) is -0.0418. The van der Waals surface area contributed by atoms with Gasteiger partial charge in [-0.3, -0.25) is 0 Å². The topological polar surface area (TPSA) is 105 Å². The molecule has 0 radical (unpaired) electrons. The zero-order chi connectivity index (χ0) is 9.56. The Balaban J connectivity index is 3.31. The molecule has 6 heteroatoms. The maximum absolute atomic E-state index is 10.7. The van der Waals surface area contributed by atoms with Crippen LogP contribution in [0.4, 0.5) is 0 Å². The molecule has 0 unspecified atom stereocenters. The summed E-state index contributed by atoms with van der Waals surface area (Å²) in [4.78, 5) is 10.7. The van der Waals surface area contributed by atoms with Gasteiger partial charge in [-0.05, 0) is 0 Å². The van der Waals surface area contributed by atoms with E-state index in [-0.39, 0.29) is 16.4 Å². The van der Waals surface area contributed by atoms with Crippen molar-refractivity contribution in [2.75, 3.05) is 6.54 Å². The molecule has 0 bridgehead atoms. The van der Waals surface area contributed by atoms with Crippen LogP contribution in [-0.2, 0) is 23.1 Å². The minimum atomic E-state index is -0.321. The third-order valence-corrected chi connectivity index (χ3v) is 2.52. The van der Waals surface area contributed by atoms with Gasteiger partial charge in [0.05, 0.1) is 0 Å². The molecular weight excluding hydrogens is 209 g/mol. The quantitative estimate of drug-likeness (QED) is 0.200. The van der Waals surface area contributed by atoms with Crippen molar-refractivity contribution in [2.45, 2.75) is 18.9 Å². The van der Waals surface area contributed by atoms with Crippen LogP contribution in [0.3, 0.4) is 0 Å². The first kappa shape index (κ1) is 11.5. The molecule has 0 aliphatic rings. The van der Waals surface area contributed by atoms with Crippen LogP contribution < -0.4 is 16.8 Å². The fraction of sp³-hybridized carbons (Fsp3) is 0.667. The SMILES string of the molecule is N=C(N)NCCC[C@H](N)[C](=O)[Zn]. The van der Waals surface area contributed by atoms with Crippen molar-refractivity contribution >= 4 is 10.3 Å². The van der Waals surface area contributed by atoms with Gasteiger partial charge in [0.1, 0.15) is 0 Å². The molecule has 12 heavy (non-hydrogen) atoms. The second-order valence-electron chi connectivity index (χ2n) is 2.56. The predicted molar refractivity (Wildman–Crippen MR) is 42.1 cm³/mol. The molecule has 0 fully saturated rings. The van der Waals surface area contributed by atoms with E-state index in [0.29, 0.717) is 31.3 Å². The number of rotatable bonds is 5. The third kappa shape index (κ3) is 6.25. The van der Waals surface area contributed by atoms with Gasteiger partial charge in [-0.25, -0.2) is 0 Å². The number of hydrogen-bond acceptors (Lipinski definition) is 3. The third-order valence-electron chi connectivity index (χ3n) is 1.42. The summed E-state index contributed by atoms with van der Waals surface area (Å²) in [5, 5.41) is 9.48. The van der Waals surface area contributed by atoms with Gasteiger partial charge >= 0.3 is 81.1 Å². The van der Waals surface area contributed by atoms with Crippen molar-refractivity contribution in [3.05, 3.63) is 0 Å². The molecule has 5 nitrogen and oxygen atoms in total. The van der Waals surface area contributed by atoms with Crippen molar-refractivity contribution in [2.24, 2.45) is 11.5 Å². The van der Waals surface area contributed by atoms with Crippen LogP contribution >= 0.6 is 0 Å². The number of carbonyl (C=O) groups excluding carboxylic acids is 1. The van der Waals surface area contributed by atoms with Gasteiger partial charge in [-0.15, -0.1) is 0 Å². The molecular formula is C6H13N4OZn. The Morgan fingerprint density at radius 2 is 2.25 bits per heavy atom. The molecule has 0 rings (SSSR count). The number of nitrogens with two attached hydrogens (primary N) is 2.